The zero-order valence-corrected chi connectivity index (χ0v) is 11.5. The minimum Gasteiger partial charge on any atom is -0.481 e. The fraction of sp³-hybridized carbons (Fsp3) is 0.462. The van der Waals surface area contributed by atoms with Crippen LogP contribution < -0.4 is 5.32 Å². The Morgan fingerprint density at radius 2 is 2.06 bits per heavy atom. The third-order valence-corrected chi connectivity index (χ3v) is 3.04. The van der Waals surface area contributed by atoms with E-state index in [4.69, 9.17) is 5.11 Å². The highest BCUT2D eigenvalue weighted by molar-refractivity contribution is 9.10. The van der Waals surface area contributed by atoms with Gasteiger partial charge in [-0.3, -0.25) is 4.79 Å². The molecule has 0 fully saturated rings. The van der Waals surface area contributed by atoms with Gasteiger partial charge in [0.25, 0.3) is 0 Å². The van der Waals surface area contributed by atoms with E-state index in [0.29, 0.717) is 12.5 Å². The lowest BCUT2D eigenvalue weighted by atomic mass is 10.1. The van der Waals surface area contributed by atoms with E-state index in [1.807, 2.05) is 12.1 Å². The first-order chi connectivity index (χ1) is 8.08. The molecule has 1 aromatic rings. The Hall–Kier alpha value is -0.870. The molecule has 3 nitrogen and oxygen atoms in total. The minimum atomic E-state index is -0.729. The average Bonchev–Trinajstić information content (AvgIpc) is 2.27. The lowest BCUT2D eigenvalue weighted by Crippen LogP contribution is -2.29. The van der Waals surface area contributed by atoms with Crippen molar-refractivity contribution in [2.45, 2.75) is 32.2 Å². The van der Waals surface area contributed by atoms with E-state index in [0.717, 1.165) is 17.4 Å². The molecular weight excluding hydrogens is 282 g/mol. The minimum absolute atomic E-state index is 0.234. The molecule has 17 heavy (non-hydrogen) atoms. The van der Waals surface area contributed by atoms with Crippen molar-refractivity contribution < 1.29 is 9.90 Å². The van der Waals surface area contributed by atoms with Gasteiger partial charge in [0.1, 0.15) is 0 Å². The highest BCUT2D eigenvalue weighted by atomic mass is 79.9. The van der Waals surface area contributed by atoms with Crippen LogP contribution in [0.2, 0.25) is 0 Å². The van der Waals surface area contributed by atoms with Crippen molar-refractivity contribution >= 4 is 21.9 Å². The van der Waals surface area contributed by atoms with Crippen LogP contribution in [-0.4, -0.2) is 23.7 Å². The monoisotopic (exact) mass is 299 g/mol. The normalized spacial score (nSPS) is 12.4. The predicted octanol–water partition coefficient (Wildman–Crippen LogP) is 2.83. The van der Waals surface area contributed by atoms with Gasteiger partial charge in [-0.2, -0.15) is 0 Å². The molecule has 0 saturated carbocycles. The first kappa shape index (κ1) is 14.2. The Bertz CT molecular complexity index is 351. The van der Waals surface area contributed by atoms with E-state index in [1.54, 1.807) is 0 Å². The van der Waals surface area contributed by atoms with Crippen molar-refractivity contribution in [2.75, 3.05) is 6.54 Å². The molecule has 0 heterocycles. The standard InChI is InChI=1S/C13H18BrNO2/c1-10(15-8-2-3-13(16)17)9-11-4-6-12(14)7-5-11/h4-7,10,15H,2-3,8-9H2,1H3,(H,16,17). The van der Waals surface area contributed by atoms with Gasteiger partial charge in [-0.15, -0.1) is 0 Å². The zero-order valence-electron chi connectivity index (χ0n) is 9.95. The Labute approximate surface area is 110 Å². The van der Waals surface area contributed by atoms with Crippen molar-refractivity contribution in [1.29, 1.82) is 0 Å². The van der Waals surface area contributed by atoms with Gasteiger partial charge in [0.15, 0.2) is 0 Å². The molecule has 94 valence electrons. The van der Waals surface area contributed by atoms with Crippen molar-refractivity contribution in [1.82, 2.24) is 5.32 Å². The predicted molar refractivity (Wildman–Crippen MR) is 72.2 cm³/mol. The first-order valence-electron chi connectivity index (χ1n) is 5.77. The Morgan fingerprint density at radius 1 is 1.41 bits per heavy atom. The summed E-state index contributed by atoms with van der Waals surface area (Å²) in [5.41, 5.74) is 1.28. The van der Waals surface area contributed by atoms with Crippen LogP contribution in [-0.2, 0) is 11.2 Å². The number of nitrogens with one attached hydrogen (secondary N) is 1. The van der Waals surface area contributed by atoms with Crippen LogP contribution in [0.5, 0.6) is 0 Å². The highest BCUT2D eigenvalue weighted by Crippen LogP contribution is 2.11. The quantitative estimate of drug-likeness (QED) is 0.761. The van der Waals surface area contributed by atoms with Crippen molar-refractivity contribution in [3.63, 3.8) is 0 Å². The SMILES string of the molecule is CC(Cc1ccc(Br)cc1)NCCCC(=O)O. The molecule has 4 heteroatoms. The maximum atomic E-state index is 10.3. The van der Waals surface area contributed by atoms with E-state index < -0.39 is 5.97 Å². The van der Waals surface area contributed by atoms with Gasteiger partial charge in [0, 0.05) is 16.9 Å². The summed E-state index contributed by atoms with van der Waals surface area (Å²) in [6, 6.07) is 8.63. The first-order valence-corrected chi connectivity index (χ1v) is 6.57. The lowest BCUT2D eigenvalue weighted by Gasteiger charge is -2.13. The van der Waals surface area contributed by atoms with Crippen molar-refractivity contribution in [2.24, 2.45) is 0 Å². The fourth-order valence-corrected chi connectivity index (χ4v) is 1.90. The number of carbonyl (C=O) groups is 1. The number of hydrogen-bond donors (Lipinski definition) is 2. The molecule has 0 amide bonds. The smallest absolute Gasteiger partial charge is 0.303 e. The molecule has 0 aliphatic rings. The van der Waals surface area contributed by atoms with Crippen LogP contribution in [0.25, 0.3) is 0 Å². The van der Waals surface area contributed by atoms with Gasteiger partial charge in [-0.25, -0.2) is 0 Å². The second-order valence-electron chi connectivity index (χ2n) is 4.18. The van der Waals surface area contributed by atoms with Gasteiger partial charge in [-0.05, 0) is 44.0 Å². The molecule has 0 radical (unpaired) electrons. The number of rotatable bonds is 7. The van der Waals surface area contributed by atoms with Gasteiger partial charge in [-0.1, -0.05) is 28.1 Å². The third kappa shape index (κ3) is 6.44. The fourth-order valence-electron chi connectivity index (χ4n) is 1.63. The summed E-state index contributed by atoms with van der Waals surface area (Å²) in [6.45, 7) is 2.87. The molecule has 2 N–H and O–H groups in total. The summed E-state index contributed by atoms with van der Waals surface area (Å²) in [4.78, 5) is 10.3. The summed E-state index contributed by atoms with van der Waals surface area (Å²) < 4.78 is 1.09. The van der Waals surface area contributed by atoms with Crippen LogP contribution in [0.4, 0.5) is 0 Å². The Morgan fingerprint density at radius 3 is 2.65 bits per heavy atom. The number of benzene rings is 1. The molecule has 1 unspecified atom stereocenters. The number of carboxylic acid groups (broad SMARTS) is 1. The molecule has 0 aliphatic heterocycles. The van der Waals surface area contributed by atoms with Gasteiger partial charge >= 0.3 is 5.97 Å². The number of hydrogen-bond acceptors (Lipinski definition) is 2. The molecule has 1 aromatic carbocycles. The molecular formula is C13H18BrNO2. The zero-order chi connectivity index (χ0) is 12.7. The summed E-state index contributed by atoms with van der Waals surface area (Å²) in [5.74, 6) is -0.729. The summed E-state index contributed by atoms with van der Waals surface area (Å²) in [7, 11) is 0. The molecule has 0 bridgehead atoms. The maximum absolute atomic E-state index is 10.3. The topological polar surface area (TPSA) is 49.3 Å². The third-order valence-electron chi connectivity index (χ3n) is 2.52. The molecule has 0 aliphatic carbocycles. The van der Waals surface area contributed by atoms with E-state index in [9.17, 15) is 4.79 Å². The van der Waals surface area contributed by atoms with E-state index >= 15 is 0 Å². The lowest BCUT2D eigenvalue weighted by molar-refractivity contribution is -0.137. The average molecular weight is 300 g/mol. The van der Waals surface area contributed by atoms with Gasteiger partial charge in [0.05, 0.1) is 0 Å². The van der Waals surface area contributed by atoms with E-state index in [-0.39, 0.29) is 6.42 Å². The number of halogens is 1. The maximum Gasteiger partial charge on any atom is 0.303 e. The Balaban J connectivity index is 2.22. The van der Waals surface area contributed by atoms with Crippen molar-refractivity contribution in [3.05, 3.63) is 34.3 Å². The number of aliphatic carboxylic acids is 1. The Kier molecular flexibility index (Phi) is 6.22. The summed E-state index contributed by atoms with van der Waals surface area (Å²) in [5, 5.41) is 11.8. The van der Waals surface area contributed by atoms with Crippen molar-refractivity contribution in [3.8, 4) is 0 Å². The molecule has 0 spiro atoms. The summed E-state index contributed by atoms with van der Waals surface area (Å²) >= 11 is 3.41. The van der Waals surface area contributed by atoms with E-state index in [1.165, 1.54) is 5.56 Å². The number of carboxylic acids is 1. The van der Waals surface area contributed by atoms with Gasteiger partial charge in [0.2, 0.25) is 0 Å². The highest BCUT2D eigenvalue weighted by Gasteiger charge is 2.03. The second kappa shape index (κ2) is 7.45. The second-order valence-corrected chi connectivity index (χ2v) is 5.10. The summed E-state index contributed by atoms with van der Waals surface area (Å²) in [6.07, 6.45) is 1.87. The van der Waals surface area contributed by atoms with Crippen LogP contribution in [0.3, 0.4) is 0 Å². The molecule has 0 aromatic heterocycles. The van der Waals surface area contributed by atoms with Crippen LogP contribution in [0.1, 0.15) is 25.3 Å². The van der Waals surface area contributed by atoms with Crippen LogP contribution in [0, 0.1) is 0 Å². The molecule has 1 rings (SSSR count). The molecule has 1 atom stereocenters. The van der Waals surface area contributed by atoms with Crippen LogP contribution in [0.15, 0.2) is 28.7 Å². The largest absolute Gasteiger partial charge is 0.481 e. The van der Waals surface area contributed by atoms with E-state index in [2.05, 4.69) is 40.3 Å². The van der Waals surface area contributed by atoms with Gasteiger partial charge < -0.3 is 10.4 Å². The van der Waals surface area contributed by atoms with Crippen LogP contribution >= 0.6 is 15.9 Å². The molecule has 0 saturated heterocycles.